The summed E-state index contributed by atoms with van der Waals surface area (Å²) in [5.41, 5.74) is 0.246. The summed E-state index contributed by atoms with van der Waals surface area (Å²) in [7, 11) is 0. The van der Waals surface area contributed by atoms with Crippen LogP contribution in [0.4, 0.5) is 4.39 Å². The maximum atomic E-state index is 13.1. The number of hydrogen-bond acceptors (Lipinski definition) is 2. The van der Waals surface area contributed by atoms with Gasteiger partial charge in [-0.25, -0.2) is 9.18 Å². The quantitative estimate of drug-likeness (QED) is 0.868. The highest BCUT2D eigenvalue weighted by molar-refractivity contribution is 6.30. The van der Waals surface area contributed by atoms with Crippen LogP contribution in [0.3, 0.4) is 0 Å². The molecule has 1 aromatic rings. The average Bonchev–Trinajstić information content (AvgIpc) is 2.18. The van der Waals surface area contributed by atoms with Gasteiger partial charge in [0.05, 0.1) is 6.61 Å². The Morgan fingerprint density at radius 1 is 1.67 bits per heavy atom. The summed E-state index contributed by atoms with van der Waals surface area (Å²) in [6.07, 6.45) is -0.969. The zero-order valence-corrected chi connectivity index (χ0v) is 8.79. The predicted molar refractivity (Wildman–Crippen MR) is 53.3 cm³/mol. The number of benzene rings is 1. The second-order valence-electron chi connectivity index (χ2n) is 3.03. The highest BCUT2D eigenvalue weighted by Gasteiger charge is 2.12. The van der Waals surface area contributed by atoms with Gasteiger partial charge < -0.3 is 9.84 Å². The summed E-state index contributed by atoms with van der Waals surface area (Å²) in [5.74, 6) is -1.55. The van der Waals surface area contributed by atoms with E-state index in [0.29, 0.717) is 5.02 Å². The fourth-order valence-corrected chi connectivity index (χ4v) is 1.13. The normalized spacial score (nSPS) is 12.5. The molecule has 0 fully saturated rings. The van der Waals surface area contributed by atoms with Crippen molar-refractivity contribution in [2.75, 3.05) is 0 Å². The van der Waals surface area contributed by atoms with Gasteiger partial charge in [-0.3, -0.25) is 0 Å². The van der Waals surface area contributed by atoms with Crippen molar-refractivity contribution < 1.29 is 19.0 Å². The zero-order valence-electron chi connectivity index (χ0n) is 8.04. The molecule has 0 aliphatic heterocycles. The van der Waals surface area contributed by atoms with E-state index in [-0.39, 0.29) is 12.2 Å². The van der Waals surface area contributed by atoms with Crippen molar-refractivity contribution in [3.63, 3.8) is 0 Å². The summed E-state index contributed by atoms with van der Waals surface area (Å²) in [4.78, 5) is 10.4. The van der Waals surface area contributed by atoms with Gasteiger partial charge in [0.15, 0.2) is 6.10 Å². The number of carbonyl (C=O) groups is 1. The molecule has 1 rings (SSSR count). The highest BCUT2D eigenvalue weighted by atomic mass is 35.5. The Morgan fingerprint density at radius 3 is 2.93 bits per heavy atom. The number of ether oxygens (including phenoxy) is 1. The zero-order chi connectivity index (χ0) is 11.4. The van der Waals surface area contributed by atoms with Crippen LogP contribution in [-0.4, -0.2) is 17.2 Å². The lowest BCUT2D eigenvalue weighted by Crippen LogP contribution is -2.19. The topological polar surface area (TPSA) is 46.5 Å². The van der Waals surface area contributed by atoms with Gasteiger partial charge in [-0.1, -0.05) is 11.6 Å². The number of hydrogen-bond donors (Lipinski definition) is 1. The van der Waals surface area contributed by atoms with E-state index in [4.69, 9.17) is 21.4 Å². The van der Waals surface area contributed by atoms with Crippen LogP contribution < -0.4 is 0 Å². The second kappa shape index (κ2) is 5.09. The summed E-state index contributed by atoms with van der Waals surface area (Å²) >= 11 is 5.66. The summed E-state index contributed by atoms with van der Waals surface area (Å²) in [6, 6.07) is 4.04. The minimum Gasteiger partial charge on any atom is -0.479 e. The van der Waals surface area contributed by atoms with Crippen molar-refractivity contribution in [1.82, 2.24) is 0 Å². The maximum Gasteiger partial charge on any atom is 0.332 e. The number of carboxylic acid groups (broad SMARTS) is 1. The monoisotopic (exact) mass is 232 g/mol. The Morgan fingerprint density at radius 2 is 2.33 bits per heavy atom. The SMILES string of the molecule is C[C@H](OCc1cc(Cl)ccc1F)C(=O)O. The van der Waals surface area contributed by atoms with Crippen molar-refractivity contribution in [2.45, 2.75) is 19.6 Å². The van der Waals surface area contributed by atoms with Gasteiger partial charge in [-0.2, -0.15) is 0 Å². The molecule has 0 amide bonds. The molecule has 1 atom stereocenters. The molecule has 1 aromatic carbocycles. The average molecular weight is 233 g/mol. The predicted octanol–water partition coefficient (Wildman–Crippen LogP) is 2.47. The summed E-state index contributed by atoms with van der Waals surface area (Å²) < 4.78 is 18.1. The molecule has 0 aromatic heterocycles. The third kappa shape index (κ3) is 3.49. The van der Waals surface area contributed by atoms with E-state index in [1.807, 2.05) is 0 Å². The Hall–Kier alpha value is -1.13. The smallest absolute Gasteiger partial charge is 0.332 e. The number of carboxylic acids is 1. The van der Waals surface area contributed by atoms with Crippen LogP contribution in [0.1, 0.15) is 12.5 Å². The van der Waals surface area contributed by atoms with E-state index >= 15 is 0 Å². The highest BCUT2D eigenvalue weighted by Crippen LogP contribution is 2.16. The van der Waals surface area contributed by atoms with Gasteiger partial charge in [0.25, 0.3) is 0 Å². The van der Waals surface area contributed by atoms with Gasteiger partial charge in [0.1, 0.15) is 5.82 Å². The molecular weight excluding hydrogens is 223 g/mol. The van der Waals surface area contributed by atoms with Gasteiger partial charge in [0.2, 0.25) is 0 Å². The van der Waals surface area contributed by atoms with Gasteiger partial charge >= 0.3 is 5.97 Å². The first kappa shape index (κ1) is 11.9. The van der Waals surface area contributed by atoms with E-state index in [9.17, 15) is 9.18 Å². The van der Waals surface area contributed by atoms with E-state index < -0.39 is 17.9 Å². The first-order chi connectivity index (χ1) is 7.00. The number of rotatable bonds is 4. The molecule has 0 saturated carbocycles. The molecule has 82 valence electrons. The van der Waals surface area contributed by atoms with Gasteiger partial charge in [0, 0.05) is 10.6 Å². The third-order valence-corrected chi connectivity index (χ3v) is 2.08. The Balaban J connectivity index is 2.65. The molecule has 0 bridgehead atoms. The standard InChI is InChI=1S/C10H10ClFO3/c1-6(10(13)14)15-5-7-4-8(11)2-3-9(7)12/h2-4,6H,5H2,1H3,(H,13,14)/t6-/m0/s1. The molecular formula is C10H10ClFO3. The van der Waals surface area contributed by atoms with Gasteiger partial charge in [-0.15, -0.1) is 0 Å². The minimum atomic E-state index is -1.09. The Labute approximate surface area is 91.4 Å². The van der Waals surface area contributed by atoms with E-state index in [0.717, 1.165) is 0 Å². The third-order valence-electron chi connectivity index (χ3n) is 1.84. The van der Waals surface area contributed by atoms with Crippen molar-refractivity contribution in [3.8, 4) is 0 Å². The van der Waals surface area contributed by atoms with Crippen LogP contribution in [0.5, 0.6) is 0 Å². The molecule has 0 aliphatic rings. The van der Waals surface area contributed by atoms with E-state index in [1.54, 1.807) is 0 Å². The summed E-state index contributed by atoms with van der Waals surface area (Å²) in [5, 5.41) is 8.93. The molecule has 15 heavy (non-hydrogen) atoms. The van der Waals surface area contributed by atoms with Crippen molar-refractivity contribution >= 4 is 17.6 Å². The fourth-order valence-electron chi connectivity index (χ4n) is 0.940. The van der Waals surface area contributed by atoms with E-state index in [1.165, 1.54) is 25.1 Å². The van der Waals surface area contributed by atoms with Crippen molar-refractivity contribution in [2.24, 2.45) is 0 Å². The second-order valence-corrected chi connectivity index (χ2v) is 3.46. The van der Waals surface area contributed by atoms with E-state index in [2.05, 4.69) is 0 Å². The molecule has 0 spiro atoms. The molecule has 0 unspecified atom stereocenters. The molecule has 5 heteroatoms. The van der Waals surface area contributed by atoms with Crippen LogP contribution in [0.2, 0.25) is 5.02 Å². The first-order valence-electron chi connectivity index (χ1n) is 4.29. The van der Waals surface area contributed by atoms with Crippen LogP contribution in [0.25, 0.3) is 0 Å². The number of aliphatic carboxylic acids is 1. The first-order valence-corrected chi connectivity index (χ1v) is 4.67. The molecule has 0 heterocycles. The molecule has 3 nitrogen and oxygen atoms in total. The van der Waals surface area contributed by atoms with Crippen molar-refractivity contribution in [3.05, 3.63) is 34.6 Å². The largest absolute Gasteiger partial charge is 0.479 e. The lowest BCUT2D eigenvalue weighted by Gasteiger charge is -2.09. The Kier molecular flexibility index (Phi) is 4.05. The molecule has 0 saturated heterocycles. The van der Waals surface area contributed by atoms with Crippen LogP contribution in [0.15, 0.2) is 18.2 Å². The fraction of sp³-hybridized carbons (Fsp3) is 0.300. The lowest BCUT2D eigenvalue weighted by molar-refractivity contribution is -0.149. The lowest BCUT2D eigenvalue weighted by atomic mass is 10.2. The van der Waals surface area contributed by atoms with Crippen LogP contribution in [-0.2, 0) is 16.1 Å². The van der Waals surface area contributed by atoms with Crippen molar-refractivity contribution in [1.29, 1.82) is 0 Å². The van der Waals surface area contributed by atoms with Crippen LogP contribution in [0, 0.1) is 5.82 Å². The minimum absolute atomic E-state index is 0.111. The molecule has 0 radical (unpaired) electrons. The molecule has 1 N–H and O–H groups in total. The van der Waals surface area contributed by atoms with Crippen LogP contribution >= 0.6 is 11.6 Å². The number of halogens is 2. The Bertz CT molecular complexity index is 368. The maximum absolute atomic E-state index is 13.1. The molecule has 0 aliphatic carbocycles. The van der Waals surface area contributed by atoms with Gasteiger partial charge in [-0.05, 0) is 25.1 Å². The summed E-state index contributed by atoms with van der Waals surface area (Å²) in [6.45, 7) is 1.27.